The summed E-state index contributed by atoms with van der Waals surface area (Å²) in [4.78, 5) is 14.0. The van der Waals surface area contributed by atoms with Crippen LogP contribution in [0.5, 0.6) is 0 Å². The van der Waals surface area contributed by atoms with Crippen LogP contribution in [0, 0.1) is 5.92 Å². The Labute approximate surface area is 112 Å². The standard InChI is InChI=1S/C12H21N5O2/c18-7-6-16-4-1-2-11(9-16)8-13-12(19)10-17-5-3-14-15-17/h3,5,11,18H,1-2,4,6-10H2,(H,13,19). The van der Waals surface area contributed by atoms with Crippen molar-refractivity contribution in [2.45, 2.75) is 19.4 Å². The number of carbonyl (C=O) groups excluding carboxylic acids is 1. The molecular weight excluding hydrogens is 246 g/mol. The molecule has 2 N–H and O–H groups in total. The van der Waals surface area contributed by atoms with Crippen molar-refractivity contribution in [1.29, 1.82) is 0 Å². The number of nitrogens with one attached hydrogen (secondary N) is 1. The Hall–Kier alpha value is -1.47. The maximum absolute atomic E-state index is 11.7. The normalized spacial score (nSPS) is 20.4. The molecule has 19 heavy (non-hydrogen) atoms. The number of aromatic nitrogens is 3. The first kappa shape index (κ1) is 14.0. The van der Waals surface area contributed by atoms with Crippen LogP contribution in [-0.2, 0) is 11.3 Å². The molecule has 1 amide bonds. The number of β-amino-alcohol motifs (C(OH)–C–C–N with tert-alkyl or cyclic N) is 1. The number of nitrogens with zero attached hydrogens (tertiary/aromatic N) is 4. The number of piperidine rings is 1. The third-order valence-electron chi connectivity index (χ3n) is 3.38. The molecule has 1 aromatic heterocycles. The van der Waals surface area contributed by atoms with E-state index in [1.807, 2.05) is 0 Å². The van der Waals surface area contributed by atoms with Crippen LogP contribution >= 0.6 is 0 Å². The molecule has 1 unspecified atom stereocenters. The molecule has 0 aliphatic carbocycles. The van der Waals surface area contributed by atoms with Crippen molar-refractivity contribution in [3.05, 3.63) is 12.4 Å². The number of aliphatic hydroxyl groups is 1. The molecule has 1 saturated heterocycles. The molecule has 0 bridgehead atoms. The smallest absolute Gasteiger partial charge is 0.241 e. The van der Waals surface area contributed by atoms with Gasteiger partial charge in [0.05, 0.1) is 12.8 Å². The zero-order valence-corrected chi connectivity index (χ0v) is 11.0. The predicted molar refractivity (Wildman–Crippen MR) is 69.3 cm³/mol. The fourth-order valence-corrected chi connectivity index (χ4v) is 2.44. The Balaban J connectivity index is 1.68. The van der Waals surface area contributed by atoms with Crippen LogP contribution < -0.4 is 5.32 Å². The monoisotopic (exact) mass is 267 g/mol. The van der Waals surface area contributed by atoms with E-state index in [-0.39, 0.29) is 19.1 Å². The second kappa shape index (κ2) is 7.20. The van der Waals surface area contributed by atoms with E-state index in [2.05, 4.69) is 20.5 Å². The average molecular weight is 267 g/mol. The van der Waals surface area contributed by atoms with E-state index in [0.29, 0.717) is 12.5 Å². The predicted octanol–water partition coefficient (Wildman–Crippen LogP) is -0.901. The molecule has 1 aliphatic rings. The van der Waals surface area contributed by atoms with E-state index in [1.54, 1.807) is 12.4 Å². The molecule has 7 heteroatoms. The first-order chi connectivity index (χ1) is 9.28. The van der Waals surface area contributed by atoms with E-state index in [9.17, 15) is 4.79 Å². The van der Waals surface area contributed by atoms with Crippen molar-refractivity contribution < 1.29 is 9.90 Å². The molecule has 1 aromatic rings. The lowest BCUT2D eigenvalue weighted by Gasteiger charge is -2.32. The number of aliphatic hydroxyl groups excluding tert-OH is 1. The van der Waals surface area contributed by atoms with Gasteiger partial charge >= 0.3 is 0 Å². The second-order valence-corrected chi connectivity index (χ2v) is 4.94. The zero-order chi connectivity index (χ0) is 13.5. The van der Waals surface area contributed by atoms with E-state index in [1.165, 1.54) is 4.68 Å². The van der Waals surface area contributed by atoms with Gasteiger partial charge in [-0.3, -0.25) is 4.79 Å². The first-order valence-corrected chi connectivity index (χ1v) is 6.72. The Morgan fingerprint density at radius 1 is 1.53 bits per heavy atom. The molecule has 0 radical (unpaired) electrons. The number of carbonyl (C=O) groups is 1. The van der Waals surface area contributed by atoms with Crippen LogP contribution in [0.1, 0.15) is 12.8 Å². The summed E-state index contributed by atoms with van der Waals surface area (Å²) in [6.45, 7) is 3.82. The highest BCUT2D eigenvalue weighted by Gasteiger charge is 2.19. The minimum absolute atomic E-state index is 0.0372. The number of likely N-dealkylation sites (tertiary alicyclic amines) is 1. The number of amides is 1. The van der Waals surface area contributed by atoms with Gasteiger partial charge in [0.25, 0.3) is 0 Å². The highest BCUT2D eigenvalue weighted by Crippen LogP contribution is 2.15. The van der Waals surface area contributed by atoms with Gasteiger partial charge in [-0.15, -0.1) is 5.10 Å². The van der Waals surface area contributed by atoms with Crippen LogP contribution in [0.4, 0.5) is 0 Å². The number of hydrogen-bond donors (Lipinski definition) is 2. The van der Waals surface area contributed by atoms with Crippen LogP contribution in [0.3, 0.4) is 0 Å². The molecule has 1 atom stereocenters. The molecule has 106 valence electrons. The van der Waals surface area contributed by atoms with E-state index in [4.69, 9.17) is 5.11 Å². The molecule has 1 fully saturated rings. The van der Waals surface area contributed by atoms with Crippen molar-refractivity contribution in [2.24, 2.45) is 5.92 Å². The van der Waals surface area contributed by atoms with Crippen molar-refractivity contribution in [2.75, 3.05) is 32.8 Å². The van der Waals surface area contributed by atoms with Crippen molar-refractivity contribution in [3.63, 3.8) is 0 Å². The lowest BCUT2D eigenvalue weighted by atomic mass is 9.98. The van der Waals surface area contributed by atoms with E-state index >= 15 is 0 Å². The van der Waals surface area contributed by atoms with Gasteiger partial charge in [0.1, 0.15) is 6.54 Å². The van der Waals surface area contributed by atoms with E-state index in [0.717, 1.165) is 32.5 Å². The first-order valence-electron chi connectivity index (χ1n) is 6.72. The maximum atomic E-state index is 11.7. The van der Waals surface area contributed by atoms with Crippen LogP contribution in [-0.4, -0.2) is 63.7 Å². The lowest BCUT2D eigenvalue weighted by molar-refractivity contribution is -0.122. The summed E-state index contributed by atoms with van der Waals surface area (Å²) in [5.41, 5.74) is 0. The molecule has 2 heterocycles. The highest BCUT2D eigenvalue weighted by molar-refractivity contribution is 5.75. The molecule has 0 saturated carbocycles. The summed E-state index contributed by atoms with van der Waals surface area (Å²) >= 11 is 0. The summed E-state index contributed by atoms with van der Waals surface area (Å²) < 4.78 is 1.51. The maximum Gasteiger partial charge on any atom is 0.241 e. The summed E-state index contributed by atoms with van der Waals surface area (Å²) in [5, 5.41) is 19.3. The topological polar surface area (TPSA) is 83.3 Å². The van der Waals surface area contributed by atoms with Gasteiger partial charge in [0.15, 0.2) is 0 Å². The minimum Gasteiger partial charge on any atom is -0.395 e. The molecular formula is C12H21N5O2. The Bertz CT molecular complexity index is 379. The van der Waals surface area contributed by atoms with Gasteiger partial charge in [-0.2, -0.15) is 0 Å². The molecule has 7 nitrogen and oxygen atoms in total. The van der Waals surface area contributed by atoms with Crippen molar-refractivity contribution in [1.82, 2.24) is 25.2 Å². The number of hydrogen-bond acceptors (Lipinski definition) is 5. The van der Waals surface area contributed by atoms with Crippen LogP contribution in [0.2, 0.25) is 0 Å². The van der Waals surface area contributed by atoms with Gasteiger partial charge < -0.3 is 15.3 Å². The van der Waals surface area contributed by atoms with Gasteiger partial charge in [-0.1, -0.05) is 5.21 Å². The largest absolute Gasteiger partial charge is 0.395 e. The fraction of sp³-hybridized carbons (Fsp3) is 0.750. The van der Waals surface area contributed by atoms with Crippen molar-refractivity contribution in [3.8, 4) is 0 Å². The Morgan fingerprint density at radius 2 is 2.42 bits per heavy atom. The summed E-state index contributed by atoms with van der Waals surface area (Å²) in [7, 11) is 0. The Kier molecular flexibility index (Phi) is 5.29. The molecule has 0 aromatic carbocycles. The highest BCUT2D eigenvalue weighted by atomic mass is 16.3. The molecule has 0 spiro atoms. The molecule has 1 aliphatic heterocycles. The van der Waals surface area contributed by atoms with Gasteiger partial charge in [-0.05, 0) is 25.3 Å². The average Bonchev–Trinajstić information content (AvgIpc) is 2.90. The summed E-state index contributed by atoms with van der Waals surface area (Å²) in [5.74, 6) is 0.435. The van der Waals surface area contributed by atoms with E-state index < -0.39 is 0 Å². The lowest BCUT2D eigenvalue weighted by Crippen LogP contribution is -2.42. The summed E-state index contributed by atoms with van der Waals surface area (Å²) in [6, 6.07) is 0. The van der Waals surface area contributed by atoms with Gasteiger partial charge in [-0.25, -0.2) is 4.68 Å². The van der Waals surface area contributed by atoms with Crippen LogP contribution in [0.25, 0.3) is 0 Å². The van der Waals surface area contributed by atoms with Crippen molar-refractivity contribution >= 4 is 5.91 Å². The SMILES string of the molecule is O=C(Cn1ccnn1)NCC1CCCN(CCO)C1. The zero-order valence-electron chi connectivity index (χ0n) is 11.0. The fourth-order valence-electron chi connectivity index (χ4n) is 2.44. The summed E-state index contributed by atoms with van der Waals surface area (Å²) in [6.07, 6.45) is 5.49. The quantitative estimate of drug-likeness (QED) is 0.698. The number of rotatable bonds is 6. The second-order valence-electron chi connectivity index (χ2n) is 4.94. The minimum atomic E-state index is -0.0372. The third kappa shape index (κ3) is 4.60. The van der Waals surface area contributed by atoms with Gasteiger partial charge in [0, 0.05) is 25.8 Å². The Morgan fingerprint density at radius 3 is 3.16 bits per heavy atom. The van der Waals surface area contributed by atoms with Crippen LogP contribution in [0.15, 0.2) is 12.4 Å². The third-order valence-corrected chi connectivity index (χ3v) is 3.38. The molecule has 2 rings (SSSR count). The van der Waals surface area contributed by atoms with Gasteiger partial charge in [0.2, 0.25) is 5.91 Å².